The van der Waals surface area contributed by atoms with E-state index in [0.717, 1.165) is 24.8 Å². The van der Waals surface area contributed by atoms with Gasteiger partial charge in [0.2, 0.25) is 0 Å². The molecule has 3 atom stereocenters. The number of ketones is 2. The molecule has 4 aromatic carbocycles. The summed E-state index contributed by atoms with van der Waals surface area (Å²) in [6.07, 6.45) is 6.73. The molecule has 0 bridgehead atoms. The zero-order chi connectivity index (χ0) is 36.4. The zero-order valence-electron chi connectivity index (χ0n) is 29.4. The first kappa shape index (κ1) is 37.9. The van der Waals surface area contributed by atoms with Crippen LogP contribution >= 0.6 is 15.9 Å². The molecule has 9 heteroatoms. The van der Waals surface area contributed by atoms with Gasteiger partial charge in [-0.05, 0) is 77.5 Å². The van der Waals surface area contributed by atoms with Crippen molar-refractivity contribution < 1.29 is 24.2 Å². The van der Waals surface area contributed by atoms with Crippen LogP contribution in [0.2, 0.25) is 0 Å². The van der Waals surface area contributed by atoms with Gasteiger partial charge in [-0.25, -0.2) is 4.79 Å². The monoisotopic (exact) mass is 753 g/mol. The predicted molar refractivity (Wildman–Crippen MR) is 206 cm³/mol. The number of nitrogens with one attached hydrogen (secondary N) is 1. The molecule has 268 valence electrons. The summed E-state index contributed by atoms with van der Waals surface area (Å²) in [7, 11) is 0. The van der Waals surface area contributed by atoms with Crippen molar-refractivity contribution in [3.63, 3.8) is 0 Å². The number of para-hydroxylation sites is 1. The van der Waals surface area contributed by atoms with Gasteiger partial charge in [-0.2, -0.15) is 0 Å². The molecule has 5 rings (SSSR count). The van der Waals surface area contributed by atoms with Gasteiger partial charge in [0.05, 0.1) is 24.4 Å². The van der Waals surface area contributed by atoms with E-state index in [2.05, 4.69) is 28.2 Å². The molecule has 0 aromatic heterocycles. The lowest BCUT2D eigenvalue weighted by atomic mass is 9.70. The second-order valence-electron chi connectivity index (χ2n) is 13.3. The molecule has 4 N–H and O–H groups in total. The van der Waals surface area contributed by atoms with Crippen LogP contribution in [-0.4, -0.2) is 54.5 Å². The molecule has 0 saturated heterocycles. The molecule has 8 nitrogen and oxygen atoms in total. The number of nitrogens with zero attached hydrogens (tertiary/aromatic N) is 1. The number of nitrogens with two attached hydrogens (primary N) is 1. The second-order valence-corrected chi connectivity index (χ2v) is 14.2. The second kappa shape index (κ2) is 17.8. The fourth-order valence-electron chi connectivity index (χ4n) is 7.12. The highest BCUT2D eigenvalue weighted by Gasteiger charge is 2.47. The van der Waals surface area contributed by atoms with Crippen LogP contribution in [0.15, 0.2) is 108 Å². The highest BCUT2D eigenvalue weighted by atomic mass is 79.9. The molecule has 0 heterocycles. The van der Waals surface area contributed by atoms with Crippen LogP contribution in [0.5, 0.6) is 0 Å². The highest BCUT2D eigenvalue weighted by Crippen LogP contribution is 2.35. The van der Waals surface area contributed by atoms with Gasteiger partial charge in [0, 0.05) is 27.8 Å². The number of aliphatic hydroxyl groups excluding tert-OH is 1. The summed E-state index contributed by atoms with van der Waals surface area (Å²) in [5.41, 5.74) is 8.27. The van der Waals surface area contributed by atoms with Gasteiger partial charge in [0.25, 0.3) is 0 Å². The Kier molecular flexibility index (Phi) is 13.2. The number of Topliss-reactive ketones (excluding diaryl/α,β-unsaturated/α-hetero) is 2. The standard InChI is InChI=1S/C42H48BrN3O5/c1-3-36(45-32-20-12-6-13-21-32)34-26-30(27-35(43)38(34)44)41(50)51-25-24-46(33-22-14-7-15-23-33)37(28-47)40(49)42(2,31-18-10-5-11-19-31)39(48)29-16-8-4-9-17-29/h4-5,7-11,14-19,22-23,26-27,32,36-37,45,47H,3,6,12-13,20-21,24-25,28,44H2,1-2H3. The number of carbonyl (C=O) groups is 3. The third kappa shape index (κ3) is 8.78. The van der Waals surface area contributed by atoms with Crippen molar-refractivity contribution in [3.8, 4) is 0 Å². The molecule has 4 aromatic rings. The van der Waals surface area contributed by atoms with Crippen molar-refractivity contribution in [2.24, 2.45) is 0 Å². The minimum atomic E-state index is -1.62. The van der Waals surface area contributed by atoms with E-state index in [9.17, 15) is 19.5 Å². The molecular weight excluding hydrogens is 706 g/mol. The number of benzene rings is 4. The Hall–Kier alpha value is -4.31. The molecule has 0 spiro atoms. The van der Waals surface area contributed by atoms with Gasteiger partial charge in [-0.1, -0.05) is 105 Å². The number of ether oxygens (including phenoxy) is 1. The van der Waals surface area contributed by atoms with E-state index in [1.165, 1.54) is 19.3 Å². The van der Waals surface area contributed by atoms with Crippen LogP contribution < -0.4 is 16.0 Å². The lowest BCUT2D eigenvalue weighted by Gasteiger charge is -2.37. The minimum Gasteiger partial charge on any atom is -0.460 e. The molecule has 1 aliphatic carbocycles. The Morgan fingerprint density at radius 3 is 2.14 bits per heavy atom. The van der Waals surface area contributed by atoms with Crippen LogP contribution in [0.4, 0.5) is 11.4 Å². The minimum absolute atomic E-state index is 0.0143. The summed E-state index contributed by atoms with van der Waals surface area (Å²) in [6, 6.07) is 29.5. The van der Waals surface area contributed by atoms with Crippen LogP contribution in [-0.2, 0) is 14.9 Å². The lowest BCUT2D eigenvalue weighted by Crippen LogP contribution is -2.55. The van der Waals surface area contributed by atoms with Crippen LogP contribution in [0.3, 0.4) is 0 Å². The molecular formula is C42H48BrN3O5. The fraction of sp³-hybridized carbons (Fsp3) is 0.357. The normalized spacial score (nSPS) is 15.7. The number of nitrogen functional groups attached to an aromatic ring is 1. The van der Waals surface area contributed by atoms with Crippen molar-refractivity contribution in [2.45, 2.75) is 75.9 Å². The number of halogens is 1. The number of carbonyl (C=O) groups excluding carboxylic acids is 3. The topological polar surface area (TPSA) is 122 Å². The largest absolute Gasteiger partial charge is 0.460 e. The molecule has 0 radical (unpaired) electrons. The van der Waals surface area contributed by atoms with Crippen molar-refractivity contribution in [1.82, 2.24) is 5.32 Å². The maximum atomic E-state index is 14.7. The summed E-state index contributed by atoms with van der Waals surface area (Å²) < 4.78 is 6.45. The van der Waals surface area contributed by atoms with Gasteiger partial charge in [0.1, 0.15) is 18.1 Å². The maximum Gasteiger partial charge on any atom is 0.338 e. The molecule has 1 fully saturated rings. The van der Waals surface area contributed by atoms with Gasteiger partial charge in [0.15, 0.2) is 11.6 Å². The SMILES string of the molecule is CCC(NC1CCCCC1)c1cc(C(=O)OCCN(c2ccccc2)C(CO)C(=O)C(C)(C(=O)c2ccccc2)c2ccccc2)cc(Br)c1N. The van der Waals surface area contributed by atoms with E-state index >= 15 is 0 Å². The van der Waals surface area contributed by atoms with E-state index in [1.54, 1.807) is 66.4 Å². The Balaban J connectivity index is 1.39. The summed E-state index contributed by atoms with van der Waals surface area (Å²) >= 11 is 3.56. The first-order chi connectivity index (χ1) is 24.7. The summed E-state index contributed by atoms with van der Waals surface area (Å²) in [5, 5.41) is 14.6. The summed E-state index contributed by atoms with van der Waals surface area (Å²) in [4.78, 5) is 44.2. The van der Waals surface area contributed by atoms with Gasteiger partial charge in [-0.15, -0.1) is 0 Å². The van der Waals surface area contributed by atoms with Gasteiger partial charge in [-0.3, -0.25) is 9.59 Å². The Morgan fingerprint density at radius 2 is 1.53 bits per heavy atom. The number of rotatable bonds is 16. The zero-order valence-corrected chi connectivity index (χ0v) is 31.0. The molecule has 0 aliphatic heterocycles. The van der Waals surface area contributed by atoms with E-state index in [0.29, 0.717) is 38.6 Å². The van der Waals surface area contributed by atoms with Gasteiger partial charge >= 0.3 is 5.97 Å². The maximum absolute atomic E-state index is 14.7. The summed E-state index contributed by atoms with van der Waals surface area (Å²) in [6.45, 7) is 3.16. The van der Waals surface area contributed by atoms with Crippen LogP contribution in [0.1, 0.15) is 90.3 Å². The van der Waals surface area contributed by atoms with Crippen molar-refractivity contribution in [3.05, 3.63) is 130 Å². The van der Waals surface area contributed by atoms with E-state index in [-0.39, 0.29) is 25.0 Å². The number of hydrogen-bond acceptors (Lipinski definition) is 8. The number of anilines is 2. The third-order valence-corrected chi connectivity index (χ3v) is 10.7. The number of hydrogen-bond donors (Lipinski definition) is 3. The first-order valence-corrected chi connectivity index (χ1v) is 18.6. The predicted octanol–water partition coefficient (Wildman–Crippen LogP) is 7.84. The first-order valence-electron chi connectivity index (χ1n) is 17.8. The molecule has 51 heavy (non-hydrogen) atoms. The molecule has 1 aliphatic rings. The Morgan fingerprint density at radius 1 is 0.922 bits per heavy atom. The lowest BCUT2D eigenvalue weighted by molar-refractivity contribution is -0.124. The van der Waals surface area contributed by atoms with E-state index in [4.69, 9.17) is 10.5 Å². The van der Waals surface area contributed by atoms with Crippen LogP contribution in [0, 0.1) is 0 Å². The highest BCUT2D eigenvalue weighted by molar-refractivity contribution is 9.10. The summed E-state index contributed by atoms with van der Waals surface area (Å²) in [5.74, 6) is -1.37. The quantitative estimate of drug-likeness (QED) is 0.0458. The van der Waals surface area contributed by atoms with Crippen molar-refractivity contribution in [2.75, 3.05) is 30.4 Å². The number of aliphatic hydroxyl groups is 1. The van der Waals surface area contributed by atoms with E-state index in [1.807, 2.05) is 48.5 Å². The van der Waals surface area contributed by atoms with Crippen LogP contribution in [0.25, 0.3) is 0 Å². The van der Waals surface area contributed by atoms with E-state index < -0.39 is 29.8 Å². The Labute approximate surface area is 309 Å². The Bertz CT molecular complexity index is 1770. The molecule has 3 unspecified atom stereocenters. The average Bonchev–Trinajstić information content (AvgIpc) is 3.18. The molecule has 0 amide bonds. The van der Waals surface area contributed by atoms with Gasteiger partial charge < -0.3 is 25.8 Å². The third-order valence-electron chi connectivity index (χ3n) is 10.1. The smallest absolute Gasteiger partial charge is 0.338 e. The average molecular weight is 755 g/mol. The molecule has 1 saturated carbocycles. The number of esters is 1. The van der Waals surface area contributed by atoms with Crippen molar-refractivity contribution >= 4 is 44.8 Å². The van der Waals surface area contributed by atoms with Crippen molar-refractivity contribution in [1.29, 1.82) is 0 Å². The fourth-order valence-corrected chi connectivity index (χ4v) is 7.60.